The molecule has 1 atom stereocenters. The molecular formula is C24H25ClN2O4S. The van der Waals surface area contributed by atoms with Gasteiger partial charge < -0.3 is 10.1 Å². The van der Waals surface area contributed by atoms with Crippen molar-refractivity contribution in [2.45, 2.75) is 26.3 Å². The summed E-state index contributed by atoms with van der Waals surface area (Å²) in [6, 6.07) is 20.0. The van der Waals surface area contributed by atoms with E-state index in [1.807, 2.05) is 25.1 Å². The highest BCUT2D eigenvalue weighted by Crippen LogP contribution is 2.33. The number of rotatable bonds is 8. The number of nitrogens with one attached hydrogen (secondary N) is 1. The van der Waals surface area contributed by atoms with Crippen molar-refractivity contribution in [3.63, 3.8) is 0 Å². The van der Waals surface area contributed by atoms with E-state index in [2.05, 4.69) is 5.32 Å². The number of halogens is 1. The third kappa shape index (κ3) is 5.81. The van der Waals surface area contributed by atoms with E-state index in [-0.39, 0.29) is 6.42 Å². The lowest BCUT2D eigenvalue weighted by Gasteiger charge is -2.30. The number of aryl methyl sites for hydroxylation is 1. The van der Waals surface area contributed by atoms with Crippen LogP contribution in [0.15, 0.2) is 72.8 Å². The van der Waals surface area contributed by atoms with Gasteiger partial charge >= 0.3 is 0 Å². The van der Waals surface area contributed by atoms with Gasteiger partial charge in [0, 0.05) is 5.02 Å². The number of nitrogens with zero attached hydrogens (tertiary/aromatic N) is 1. The number of para-hydroxylation sites is 1. The van der Waals surface area contributed by atoms with Crippen molar-refractivity contribution in [3.8, 4) is 11.5 Å². The number of hydrogen-bond donors (Lipinski definition) is 1. The Kier molecular flexibility index (Phi) is 7.43. The molecule has 8 heteroatoms. The number of ether oxygens (including phenoxy) is 1. The van der Waals surface area contributed by atoms with Crippen molar-refractivity contribution in [2.24, 2.45) is 0 Å². The first-order chi connectivity index (χ1) is 15.2. The van der Waals surface area contributed by atoms with Gasteiger partial charge in [0.25, 0.3) is 0 Å². The molecule has 0 heterocycles. The maximum atomic E-state index is 13.3. The van der Waals surface area contributed by atoms with Crippen molar-refractivity contribution in [1.29, 1.82) is 0 Å². The summed E-state index contributed by atoms with van der Waals surface area (Å²) in [6.45, 7) is 3.67. The SMILES string of the molecule is CC[C@H](C(=O)Nc1cc(Cl)ccc1Oc1ccccc1)N(c1ccc(C)cc1)S(C)(=O)=O. The Labute approximate surface area is 193 Å². The highest BCUT2D eigenvalue weighted by atomic mass is 35.5. The summed E-state index contributed by atoms with van der Waals surface area (Å²) in [5, 5.41) is 3.21. The Morgan fingerprint density at radius 1 is 1.06 bits per heavy atom. The maximum absolute atomic E-state index is 13.3. The van der Waals surface area contributed by atoms with Gasteiger partial charge in [-0.15, -0.1) is 0 Å². The van der Waals surface area contributed by atoms with Gasteiger partial charge in [0.05, 0.1) is 17.6 Å². The first-order valence-corrected chi connectivity index (χ1v) is 12.3. The predicted molar refractivity (Wildman–Crippen MR) is 129 cm³/mol. The summed E-state index contributed by atoms with van der Waals surface area (Å²) in [5.74, 6) is 0.499. The number of anilines is 2. The van der Waals surface area contributed by atoms with Crippen LogP contribution in [0.1, 0.15) is 18.9 Å². The average molecular weight is 473 g/mol. The number of amides is 1. The van der Waals surface area contributed by atoms with E-state index in [0.29, 0.717) is 27.9 Å². The molecule has 0 aromatic heterocycles. The number of carbonyl (C=O) groups is 1. The molecule has 3 aromatic carbocycles. The number of sulfonamides is 1. The van der Waals surface area contributed by atoms with Crippen LogP contribution in [0.25, 0.3) is 0 Å². The fourth-order valence-corrected chi connectivity index (χ4v) is 4.66. The van der Waals surface area contributed by atoms with Gasteiger partial charge in [-0.2, -0.15) is 0 Å². The lowest BCUT2D eigenvalue weighted by Crippen LogP contribution is -2.47. The quantitative estimate of drug-likeness (QED) is 0.461. The minimum absolute atomic E-state index is 0.266. The van der Waals surface area contributed by atoms with Crippen LogP contribution in [0.2, 0.25) is 5.02 Å². The molecule has 6 nitrogen and oxygen atoms in total. The largest absolute Gasteiger partial charge is 0.455 e. The van der Waals surface area contributed by atoms with E-state index in [4.69, 9.17) is 16.3 Å². The lowest BCUT2D eigenvalue weighted by atomic mass is 10.1. The molecule has 32 heavy (non-hydrogen) atoms. The molecular weight excluding hydrogens is 448 g/mol. The van der Waals surface area contributed by atoms with Crippen LogP contribution in [0.5, 0.6) is 11.5 Å². The molecule has 0 aliphatic heterocycles. The molecule has 0 spiro atoms. The summed E-state index contributed by atoms with van der Waals surface area (Å²) in [4.78, 5) is 13.3. The molecule has 0 aliphatic carbocycles. The van der Waals surface area contributed by atoms with Crippen molar-refractivity contribution in [1.82, 2.24) is 0 Å². The zero-order valence-corrected chi connectivity index (χ0v) is 19.7. The van der Waals surface area contributed by atoms with Crippen LogP contribution in [-0.4, -0.2) is 26.6 Å². The molecule has 3 aromatic rings. The van der Waals surface area contributed by atoms with E-state index in [1.165, 1.54) is 0 Å². The van der Waals surface area contributed by atoms with E-state index < -0.39 is 22.0 Å². The molecule has 0 saturated heterocycles. The third-order valence-electron chi connectivity index (χ3n) is 4.79. The van der Waals surface area contributed by atoms with Gasteiger partial charge in [0.1, 0.15) is 11.8 Å². The van der Waals surface area contributed by atoms with E-state index in [0.717, 1.165) is 16.1 Å². The van der Waals surface area contributed by atoms with Crippen LogP contribution in [-0.2, 0) is 14.8 Å². The van der Waals surface area contributed by atoms with Crippen molar-refractivity contribution in [3.05, 3.63) is 83.4 Å². The van der Waals surface area contributed by atoms with Crippen molar-refractivity contribution < 1.29 is 17.9 Å². The smallest absolute Gasteiger partial charge is 0.248 e. The monoisotopic (exact) mass is 472 g/mol. The van der Waals surface area contributed by atoms with Gasteiger partial charge in [-0.3, -0.25) is 9.10 Å². The number of carbonyl (C=O) groups excluding carboxylic acids is 1. The van der Waals surface area contributed by atoms with Crippen LogP contribution in [0, 0.1) is 6.92 Å². The molecule has 0 saturated carbocycles. The molecule has 3 rings (SSSR count). The first kappa shape index (κ1) is 23.6. The molecule has 0 unspecified atom stereocenters. The number of benzene rings is 3. The minimum Gasteiger partial charge on any atom is -0.455 e. The maximum Gasteiger partial charge on any atom is 0.248 e. The van der Waals surface area contributed by atoms with E-state index in [1.54, 1.807) is 61.5 Å². The molecule has 1 amide bonds. The molecule has 0 radical (unpaired) electrons. The molecule has 0 fully saturated rings. The van der Waals surface area contributed by atoms with Crippen LogP contribution in [0.4, 0.5) is 11.4 Å². The summed E-state index contributed by atoms with van der Waals surface area (Å²) in [6.07, 6.45) is 1.36. The third-order valence-corrected chi connectivity index (χ3v) is 6.20. The Hall–Kier alpha value is -3.03. The molecule has 1 N–H and O–H groups in total. The fraction of sp³-hybridized carbons (Fsp3) is 0.208. The first-order valence-electron chi connectivity index (χ1n) is 10.1. The highest BCUT2D eigenvalue weighted by molar-refractivity contribution is 7.92. The Morgan fingerprint density at radius 2 is 1.72 bits per heavy atom. The standard InChI is InChI=1S/C24H25ClN2O4S/c1-4-22(27(32(3,29)30)19-13-10-17(2)11-14-19)24(28)26-21-16-18(25)12-15-23(21)31-20-8-6-5-7-9-20/h5-16,22H,4H2,1-3H3,(H,26,28)/t22-/m1/s1. The Morgan fingerprint density at radius 3 is 2.31 bits per heavy atom. The van der Waals surface area contributed by atoms with Gasteiger partial charge in [0.15, 0.2) is 5.75 Å². The average Bonchev–Trinajstić information content (AvgIpc) is 2.74. The summed E-state index contributed by atoms with van der Waals surface area (Å²) < 4.78 is 32.3. The molecule has 168 valence electrons. The van der Waals surface area contributed by atoms with Crippen LogP contribution in [0.3, 0.4) is 0 Å². The second-order valence-electron chi connectivity index (χ2n) is 7.36. The van der Waals surface area contributed by atoms with E-state index in [9.17, 15) is 13.2 Å². The zero-order chi connectivity index (χ0) is 23.3. The van der Waals surface area contributed by atoms with Crippen molar-refractivity contribution in [2.75, 3.05) is 15.9 Å². The predicted octanol–water partition coefficient (Wildman–Crippen LogP) is 5.62. The summed E-state index contributed by atoms with van der Waals surface area (Å²) in [7, 11) is -3.73. The fourth-order valence-electron chi connectivity index (χ4n) is 3.27. The normalized spacial score (nSPS) is 12.1. The summed E-state index contributed by atoms with van der Waals surface area (Å²) in [5.41, 5.74) is 1.76. The van der Waals surface area contributed by atoms with Gasteiger partial charge in [-0.05, 0) is 55.8 Å². The number of hydrogen-bond acceptors (Lipinski definition) is 4. The second-order valence-corrected chi connectivity index (χ2v) is 9.66. The van der Waals surface area contributed by atoms with Gasteiger partial charge in [0.2, 0.25) is 15.9 Å². The molecule has 0 aliphatic rings. The Bertz CT molecular complexity index is 1180. The van der Waals surface area contributed by atoms with E-state index >= 15 is 0 Å². The highest BCUT2D eigenvalue weighted by Gasteiger charge is 2.32. The van der Waals surface area contributed by atoms with Crippen LogP contribution < -0.4 is 14.4 Å². The Balaban J connectivity index is 1.93. The van der Waals surface area contributed by atoms with Crippen LogP contribution >= 0.6 is 11.6 Å². The second kappa shape index (κ2) is 10.1. The minimum atomic E-state index is -3.73. The topological polar surface area (TPSA) is 75.7 Å². The zero-order valence-electron chi connectivity index (χ0n) is 18.1. The van der Waals surface area contributed by atoms with Crippen molar-refractivity contribution >= 4 is 38.9 Å². The molecule has 0 bridgehead atoms. The van der Waals surface area contributed by atoms with Gasteiger partial charge in [-0.1, -0.05) is 54.4 Å². The summed E-state index contributed by atoms with van der Waals surface area (Å²) >= 11 is 6.15. The van der Waals surface area contributed by atoms with Gasteiger partial charge in [-0.25, -0.2) is 8.42 Å². The lowest BCUT2D eigenvalue weighted by molar-refractivity contribution is -0.117.